The molecule has 3 rings (SSSR count). The molecular weight excluding hydrogens is 288 g/mol. The number of carbonyl (C=O) groups is 2. The summed E-state index contributed by atoms with van der Waals surface area (Å²) in [6.45, 7) is 0. The summed E-state index contributed by atoms with van der Waals surface area (Å²) in [7, 11) is 0. The average molecular weight is 307 g/mol. The van der Waals surface area contributed by atoms with E-state index in [1.807, 2.05) is 0 Å². The zero-order valence-corrected chi connectivity index (χ0v) is 12.7. The third-order valence-corrected chi connectivity index (χ3v) is 5.04. The largest absolute Gasteiger partial charge is 0.398 e. The van der Waals surface area contributed by atoms with Crippen LogP contribution in [0.15, 0.2) is 18.2 Å². The van der Waals surface area contributed by atoms with Gasteiger partial charge in [-0.1, -0.05) is 30.9 Å². The molecule has 112 valence electrons. The summed E-state index contributed by atoms with van der Waals surface area (Å²) >= 11 is 6.00. The summed E-state index contributed by atoms with van der Waals surface area (Å²) in [4.78, 5) is 26.3. The second kappa shape index (κ2) is 5.34. The molecule has 1 saturated heterocycles. The van der Waals surface area contributed by atoms with Gasteiger partial charge in [-0.3, -0.25) is 14.5 Å². The first-order valence-electron chi connectivity index (χ1n) is 7.42. The van der Waals surface area contributed by atoms with Gasteiger partial charge in [0, 0.05) is 12.8 Å². The Morgan fingerprint density at radius 3 is 2.24 bits per heavy atom. The highest BCUT2D eigenvalue weighted by Crippen LogP contribution is 2.46. The Labute approximate surface area is 129 Å². The monoisotopic (exact) mass is 306 g/mol. The van der Waals surface area contributed by atoms with Crippen molar-refractivity contribution in [1.29, 1.82) is 0 Å². The minimum Gasteiger partial charge on any atom is -0.398 e. The predicted octanol–water partition coefficient (Wildman–Crippen LogP) is 3.53. The van der Waals surface area contributed by atoms with Crippen LogP contribution in [0.1, 0.15) is 44.9 Å². The molecule has 1 aliphatic carbocycles. The normalized spacial score (nSPS) is 21.9. The minimum absolute atomic E-state index is 0.0967. The second-order valence-corrected chi connectivity index (χ2v) is 6.65. The Bertz CT molecular complexity index is 574. The van der Waals surface area contributed by atoms with Crippen LogP contribution < -0.4 is 10.6 Å². The van der Waals surface area contributed by atoms with Gasteiger partial charge in [-0.2, -0.15) is 0 Å². The number of hydrogen-bond acceptors (Lipinski definition) is 3. The van der Waals surface area contributed by atoms with E-state index in [-0.39, 0.29) is 17.2 Å². The van der Waals surface area contributed by atoms with E-state index in [2.05, 4.69) is 0 Å². The molecule has 2 amide bonds. The Kier molecular flexibility index (Phi) is 3.66. The minimum atomic E-state index is -0.117. The Morgan fingerprint density at radius 1 is 1.05 bits per heavy atom. The van der Waals surface area contributed by atoms with E-state index in [9.17, 15) is 9.59 Å². The van der Waals surface area contributed by atoms with Crippen molar-refractivity contribution < 1.29 is 9.59 Å². The molecule has 1 spiro atoms. The SMILES string of the molecule is Nc1ccc(N2C(=O)CC3(CCCCC3)CC2=O)cc1Cl. The van der Waals surface area contributed by atoms with Gasteiger partial charge >= 0.3 is 0 Å². The summed E-state index contributed by atoms with van der Waals surface area (Å²) in [5.41, 5.74) is 6.55. The summed E-state index contributed by atoms with van der Waals surface area (Å²) in [5.74, 6) is -0.233. The lowest BCUT2D eigenvalue weighted by Gasteiger charge is -2.42. The maximum absolute atomic E-state index is 12.5. The van der Waals surface area contributed by atoms with Gasteiger partial charge in [0.25, 0.3) is 0 Å². The van der Waals surface area contributed by atoms with E-state index in [1.54, 1.807) is 18.2 Å². The molecule has 1 aliphatic heterocycles. The molecular formula is C16H19ClN2O2. The second-order valence-electron chi connectivity index (χ2n) is 6.24. The first-order valence-corrected chi connectivity index (χ1v) is 7.79. The number of nitrogen functional groups attached to an aromatic ring is 1. The number of amides is 2. The predicted molar refractivity (Wildman–Crippen MR) is 83.1 cm³/mol. The van der Waals surface area contributed by atoms with Gasteiger partial charge < -0.3 is 5.73 Å². The van der Waals surface area contributed by atoms with Gasteiger partial charge in [-0.25, -0.2) is 0 Å². The van der Waals surface area contributed by atoms with Gasteiger partial charge in [0.15, 0.2) is 0 Å². The van der Waals surface area contributed by atoms with Crippen LogP contribution in [0.4, 0.5) is 11.4 Å². The van der Waals surface area contributed by atoms with Crippen LogP contribution in [0.25, 0.3) is 0 Å². The van der Waals surface area contributed by atoms with E-state index in [0.717, 1.165) is 25.7 Å². The van der Waals surface area contributed by atoms with E-state index in [1.165, 1.54) is 11.3 Å². The van der Waals surface area contributed by atoms with Crippen molar-refractivity contribution >= 4 is 34.8 Å². The number of imide groups is 1. The van der Waals surface area contributed by atoms with E-state index < -0.39 is 0 Å². The Balaban J connectivity index is 1.86. The highest BCUT2D eigenvalue weighted by atomic mass is 35.5. The molecule has 0 bridgehead atoms. The van der Waals surface area contributed by atoms with Crippen molar-refractivity contribution in [1.82, 2.24) is 0 Å². The lowest BCUT2D eigenvalue weighted by Crippen LogP contribution is -2.48. The van der Waals surface area contributed by atoms with Crippen molar-refractivity contribution in [2.45, 2.75) is 44.9 Å². The molecule has 0 aromatic heterocycles. The summed E-state index contributed by atoms with van der Waals surface area (Å²) in [5, 5.41) is 0.367. The van der Waals surface area contributed by atoms with E-state index >= 15 is 0 Å². The molecule has 1 heterocycles. The molecule has 1 aromatic rings. The van der Waals surface area contributed by atoms with Crippen molar-refractivity contribution in [3.05, 3.63) is 23.2 Å². The number of anilines is 2. The molecule has 21 heavy (non-hydrogen) atoms. The Hall–Kier alpha value is -1.55. The standard InChI is InChI=1S/C16H19ClN2O2/c17-12-8-11(4-5-13(12)18)19-14(20)9-16(10-15(19)21)6-2-1-3-7-16/h4-5,8H,1-3,6-7,9-10,18H2. The maximum Gasteiger partial charge on any atom is 0.234 e. The molecule has 0 atom stereocenters. The number of piperidine rings is 1. The van der Waals surface area contributed by atoms with Crippen LogP contribution in [0, 0.1) is 5.41 Å². The number of hydrogen-bond donors (Lipinski definition) is 1. The van der Waals surface area contributed by atoms with E-state index in [4.69, 9.17) is 17.3 Å². The highest BCUT2D eigenvalue weighted by Gasteiger charge is 2.44. The number of nitrogens with two attached hydrogens (primary N) is 1. The van der Waals surface area contributed by atoms with Crippen molar-refractivity contribution in [3.63, 3.8) is 0 Å². The average Bonchev–Trinajstić information content (AvgIpc) is 2.42. The maximum atomic E-state index is 12.5. The fraction of sp³-hybridized carbons (Fsp3) is 0.500. The quantitative estimate of drug-likeness (QED) is 0.637. The highest BCUT2D eigenvalue weighted by molar-refractivity contribution is 6.33. The zero-order chi connectivity index (χ0) is 15.0. The number of nitrogens with zero attached hydrogens (tertiary/aromatic N) is 1. The molecule has 2 N–H and O–H groups in total. The number of rotatable bonds is 1. The van der Waals surface area contributed by atoms with Gasteiger partial charge in [0.05, 0.1) is 16.4 Å². The van der Waals surface area contributed by atoms with Gasteiger partial charge in [-0.05, 0) is 36.5 Å². The fourth-order valence-corrected chi connectivity index (χ4v) is 3.77. The summed E-state index contributed by atoms with van der Waals surface area (Å²) in [6.07, 6.45) is 6.34. The number of benzene rings is 1. The topological polar surface area (TPSA) is 63.4 Å². The lowest BCUT2D eigenvalue weighted by atomic mass is 9.67. The number of halogens is 1. The van der Waals surface area contributed by atoms with Crippen LogP contribution in [0.2, 0.25) is 5.02 Å². The van der Waals surface area contributed by atoms with Crippen LogP contribution in [0.3, 0.4) is 0 Å². The van der Waals surface area contributed by atoms with Crippen LogP contribution in [-0.2, 0) is 9.59 Å². The summed E-state index contributed by atoms with van der Waals surface area (Å²) in [6, 6.07) is 4.89. The molecule has 0 radical (unpaired) electrons. The van der Waals surface area contributed by atoms with Gasteiger partial charge in [0.1, 0.15) is 0 Å². The van der Waals surface area contributed by atoms with Crippen LogP contribution in [0.5, 0.6) is 0 Å². The molecule has 0 unspecified atom stereocenters. The molecule has 1 aromatic carbocycles. The van der Waals surface area contributed by atoms with Crippen molar-refractivity contribution in [3.8, 4) is 0 Å². The number of carbonyl (C=O) groups excluding carboxylic acids is 2. The van der Waals surface area contributed by atoms with Crippen molar-refractivity contribution in [2.24, 2.45) is 5.41 Å². The smallest absolute Gasteiger partial charge is 0.234 e. The molecule has 4 nitrogen and oxygen atoms in total. The van der Waals surface area contributed by atoms with Crippen LogP contribution in [-0.4, -0.2) is 11.8 Å². The van der Waals surface area contributed by atoms with Crippen molar-refractivity contribution in [2.75, 3.05) is 10.6 Å². The Morgan fingerprint density at radius 2 is 1.67 bits per heavy atom. The molecule has 1 saturated carbocycles. The molecule has 2 aliphatic rings. The fourth-order valence-electron chi connectivity index (χ4n) is 3.60. The first-order chi connectivity index (χ1) is 10.0. The third-order valence-electron chi connectivity index (χ3n) is 4.71. The van der Waals surface area contributed by atoms with Gasteiger partial charge in [0.2, 0.25) is 11.8 Å². The first kappa shape index (κ1) is 14.4. The van der Waals surface area contributed by atoms with E-state index in [0.29, 0.717) is 29.2 Å². The zero-order valence-electron chi connectivity index (χ0n) is 11.9. The molecule has 5 heteroatoms. The lowest BCUT2D eigenvalue weighted by molar-refractivity contribution is -0.134. The summed E-state index contributed by atoms with van der Waals surface area (Å²) < 4.78 is 0. The van der Waals surface area contributed by atoms with Gasteiger partial charge in [-0.15, -0.1) is 0 Å². The third kappa shape index (κ3) is 2.64. The molecule has 2 fully saturated rings. The van der Waals surface area contributed by atoms with Crippen LogP contribution >= 0.6 is 11.6 Å².